The number of carbonyl (C=O) groups excluding carboxylic acids is 2. The van der Waals surface area contributed by atoms with E-state index in [-0.39, 0.29) is 57.5 Å². The summed E-state index contributed by atoms with van der Waals surface area (Å²) >= 11 is 12.6. The van der Waals surface area contributed by atoms with E-state index < -0.39 is 24.6 Å². The second kappa shape index (κ2) is 12.0. The van der Waals surface area contributed by atoms with Crippen LogP contribution in [-0.2, 0) is 12.8 Å². The Bertz CT molecular complexity index is 1660. The number of carbonyl (C=O) groups is 2. The standard InChI is InChI=1S/C32H24Cl2F2N2O6/c1-41-29-15(13-39)9-23(33)31(37-29)43-27-19-7-3-5-17(21(19)11-25(27)35)18-6-4-8-20-22(18)12-26(36)28(20)44-32-24(34)10-16(14-40)30(38-32)42-2/h3-10,13-14,25-28H,11-12H2,1-2H3/t25-,26-,27+,28+/m0/s1. The van der Waals surface area contributed by atoms with Gasteiger partial charge in [-0.1, -0.05) is 59.6 Å². The SMILES string of the molecule is COc1nc(O[C@@H]2c3cccc(-c4cccc5c4C[C@H](F)[C@@H]5Oc4nc(OC)c(C=O)cc4Cl)c3C[C@@H]2F)c(Cl)cc1C=O. The van der Waals surface area contributed by atoms with Crippen molar-refractivity contribution in [3.05, 3.63) is 92.0 Å². The number of aromatic nitrogens is 2. The lowest BCUT2D eigenvalue weighted by Gasteiger charge is -2.19. The molecule has 0 fully saturated rings. The van der Waals surface area contributed by atoms with E-state index in [2.05, 4.69) is 9.97 Å². The summed E-state index contributed by atoms with van der Waals surface area (Å²) in [6.45, 7) is 0. The average molecular weight is 641 g/mol. The third kappa shape index (κ3) is 5.11. The van der Waals surface area contributed by atoms with Crippen LogP contribution in [0.25, 0.3) is 11.1 Å². The maximum absolute atomic E-state index is 15.6. The molecular weight excluding hydrogens is 617 g/mol. The molecule has 4 atom stereocenters. The van der Waals surface area contributed by atoms with Crippen LogP contribution in [0, 0.1) is 0 Å². The van der Waals surface area contributed by atoms with Gasteiger partial charge in [0.2, 0.25) is 23.5 Å². The number of aldehydes is 2. The second-order valence-corrected chi connectivity index (χ2v) is 11.1. The third-order valence-corrected chi connectivity index (χ3v) is 8.32. The Hall–Kier alpha value is -4.28. The number of hydrogen-bond donors (Lipinski definition) is 0. The van der Waals surface area contributed by atoms with Gasteiger partial charge in [0.05, 0.1) is 25.3 Å². The highest BCUT2D eigenvalue weighted by Crippen LogP contribution is 2.47. The minimum atomic E-state index is -1.43. The van der Waals surface area contributed by atoms with Crippen LogP contribution in [0.15, 0.2) is 48.5 Å². The first-order valence-corrected chi connectivity index (χ1v) is 14.3. The van der Waals surface area contributed by atoms with Crippen molar-refractivity contribution in [2.75, 3.05) is 14.2 Å². The van der Waals surface area contributed by atoms with E-state index in [0.29, 0.717) is 34.8 Å². The maximum Gasteiger partial charge on any atom is 0.236 e. The first-order chi connectivity index (χ1) is 21.3. The monoisotopic (exact) mass is 640 g/mol. The van der Waals surface area contributed by atoms with Gasteiger partial charge in [-0.2, -0.15) is 9.97 Å². The lowest BCUT2D eigenvalue weighted by atomic mass is 9.91. The molecule has 0 aliphatic heterocycles. The van der Waals surface area contributed by atoms with E-state index in [9.17, 15) is 9.59 Å². The van der Waals surface area contributed by atoms with Crippen molar-refractivity contribution in [1.82, 2.24) is 9.97 Å². The summed E-state index contributed by atoms with van der Waals surface area (Å²) in [6.07, 6.45) is -3.72. The number of ether oxygens (including phenoxy) is 4. The Morgan fingerprint density at radius 3 is 1.48 bits per heavy atom. The number of hydrogen-bond acceptors (Lipinski definition) is 8. The van der Waals surface area contributed by atoms with Crippen molar-refractivity contribution in [3.8, 4) is 34.6 Å². The number of benzene rings is 2. The molecule has 0 unspecified atom stereocenters. The molecule has 2 heterocycles. The van der Waals surface area contributed by atoms with Crippen LogP contribution in [0.1, 0.15) is 55.2 Å². The van der Waals surface area contributed by atoms with E-state index in [4.69, 9.17) is 42.1 Å². The van der Waals surface area contributed by atoms with E-state index in [1.807, 2.05) is 12.1 Å². The predicted molar refractivity (Wildman–Crippen MR) is 158 cm³/mol. The fourth-order valence-electron chi connectivity index (χ4n) is 5.81. The molecule has 12 heteroatoms. The first-order valence-electron chi connectivity index (χ1n) is 13.5. The zero-order chi connectivity index (χ0) is 31.1. The molecule has 2 aromatic carbocycles. The summed E-state index contributed by atoms with van der Waals surface area (Å²) in [4.78, 5) is 31.0. The van der Waals surface area contributed by atoms with Gasteiger partial charge in [0, 0.05) is 12.8 Å². The number of alkyl halides is 2. The molecule has 8 nitrogen and oxygen atoms in total. The van der Waals surface area contributed by atoms with E-state index in [1.54, 1.807) is 24.3 Å². The molecule has 44 heavy (non-hydrogen) atoms. The van der Waals surface area contributed by atoms with E-state index >= 15 is 8.78 Å². The van der Waals surface area contributed by atoms with Crippen molar-refractivity contribution < 1.29 is 37.3 Å². The van der Waals surface area contributed by atoms with Gasteiger partial charge in [0.1, 0.15) is 22.4 Å². The van der Waals surface area contributed by atoms with Gasteiger partial charge in [0.15, 0.2) is 24.8 Å². The minimum absolute atomic E-state index is 0.00814. The Kier molecular flexibility index (Phi) is 8.13. The smallest absolute Gasteiger partial charge is 0.236 e. The summed E-state index contributed by atoms with van der Waals surface area (Å²) < 4.78 is 53.4. The lowest BCUT2D eigenvalue weighted by Crippen LogP contribution is -2.16. The summed E-state index contributed by atoms with van der Waals surface area (Å²) in [5.74, 6) is -0.112. The molecule has 0 radical (unpaired) electrons. The van der Waals surface area contributed by atoms with Crippen LogP contribution < -0.4 is 18.9 Å². The van der Waals surface area contributed by atoms with E-state index in [0.717, 1.165) is 11.1 Å². The minimum Gasteiger partial charge on any atom is -0.480 e. The number of methoxy groups -OCH3 is 2. The van der Waals surface area contributed by atoms with Crippen LogP contribution >= 0.6 is 23.2 Å². The molecule has 226 valence electrons. The van der Waals surface area contributed by atoms with Crippen molar-refractivity contribution in [1.29, 1.82) is 0 Å². The Labute approximate surface area is 260 Å². The van der Waals surface area contributed by atoms with Crippen molar-refractivity contribution >= 4 is 35.8 Å². The van der Waals surface area contributed by atoms with Crippen LogP contribution in [0.5, 0.6) is 23.5 Å². The van der Waals surface area contributed by atoms with Gasteiger partial charge in [-0.3, -0.25) is 9.59 Å². The molecule has 0 N–H and O–H groups in total. The molecule has 2 aromatic heterocycles. The number of halogens is 4. The fourth-order valence-corrected chi connectivity index (χ4v) is 6.22. The number of nitrogens with zero attached hydrogens (tertiary/aromatic N) is 2. The predicted octanol–water partition coefficient (Wildman–Crippen LogP) is 7.12. The third-order valence-electron chi connectivity index (χ3n) is 7.77. The van der Waals surface area contributed by atoms with Gasteiger partial charge in [-0.15, -0.1) is 0 Å². The van der Waals surface area contributed by atoms with Crippen molar-refractivity contribution in [2.24, 2.45) is 0 Å². The van der Waals surface area contributed by atoms with E-state index in [1.165, 1.54) is 26.4 Å². The zero-order valence-electron chi connectivity index (χ0n) is 23.4. The van der Waals surface area contributed by atoms with Gasteiger partial charge in [-0.25, -0.2) is 8.78 Å². The summed E-state index contributed by atoms with van der Waals surface area (Å²) in [5.41, 5.74) is 4.38. The van der Waals surface area contributed by atoms with Gasteiger partial charge >= 0.3 is 0 Å². The van der Waals surface area contributed by atoms with Crippen LogP contribution in [0.2, 0.25) is 10.0 Å². The normalized spacial score (nSPS) is 20.0. The van der Waals surface area contributed by atoms with Crippen molar-refractivity contribution in [2.45, 2.75) is 37.4 Å². The second-order valence-electron chi connectivity index (χ2n) is 10.2. The van der Waals surface area contributed by atoms with Crippen LogP contribution in [-0.4, -0.2) is 49.1 Å². The van der Waals surface area contributed by atoms with Crippen LogP contribution in [0.3, 0.4) is 0 Å². The summed E-state index contributed by atoms with van der Waals surface area (Å²) in [5, 5.41) is 0.0808. The lowest BCUT2D eigenvalue weighted by molar-refractivity contribution is 0.108. The van der Waals surface area contributed by atoms with Gasteiger partial charge in [-0.05, 0) is 45.5 Å². The highest BCUT2D eigenvalue weighted by atomic mass is 35.5. The number of fused-ring (bicyclic) bond motifs is 2. The van der Waals surface area contributed by atoms with Crippen LogP contribution in [0.4, 0.5) is 8.78 Å². The maximum atomic E-state index is 15.6. The number of pyridine rings is 2. The largest absolute Gasteiger partial charge is 0.480 e. The van der Waals surface area contributed by atoms with Crippen molar-refractivity contribution in [3.63, 3.8) is 0 Å². The molecule has 2 aliphatic rings. The molecule has 0 spiro atoms. The zero-order valence-corrected chi connectivity index (χ0v) is 24.9. The quantitative estimate of drug-likeness (QED) is 0.178. The first kappa shape index (κ1) is 29.8. The Morgan fingerprint density at radius 1 is 0.705 bits per heavy atom. The molecule has 2 aliphatic carbocycles. The molecule has 4 aromatic rings. The molecule has 0 amide bonds. The molecular formula is C32H24Cl2F2N2O6. The highest BCUT2D eigenvalue weighted by Gasteiger charge is 2.40. The Morgan fingerprint density at radius 2 is 1.11 bits per heavy atom. The summed E-state index contributed by atoms with van der Waals surface area (Å²) in [6, 6.07) is 13.5. The average Bonchev–Trinajstić information content (AvgIpc) is 3.53. The highest BCUT2D eigenvalue weighted by molar-refractivity contribution is 6.32. The molecule has 0 saturated carbocycles. The van der Waals surface area contributed by atoms with Gasteiger partial charge < -0.3 is 18.9 Å². The molecule has 6 rings (SSSR count). The number of rotatable bonds is 9. The molecule has 0 saturated heterocycles. The summed E-state index contributed by atoms with van der Waals surface area (Å²) in [7, 11) is 2.70. The Balaban J connectivity index is 1.34. The molecule has 0 bridgehead atoms. The fraction of sp³-hybridized carbons (Fsp3) is 0.250. The van der Waals surface area contributed by atoms with Gasteiger partial charge in [0.25, 0.3) is 0 Å². The topological polar surface area (TPSA) is 96.8 Å².